The van der Waals surface area contributed by atoms with Crippen molar-refractivity contribution in [3.8, 4) is 0 Å². The van der Waals surface area contributed by atoms with Crippen LogP contribution in [0.2, 0.25) is 0 Å². The van der Waals surface area contributed by atoms with Gasteiger partial charge in [-0.3, -0.25) is 0 Å². The van der Waals surface area contributed by atoms with E-state index in [9.17, 15) is 10.2 Å². The van der Waals surface area contributed by atoms with Gasteiger partial charge < -0.3 is 24.4 Å². The van der Waals surface area contributed by atoms with E-state index >= 15 is 0 Å². The van der Waals surface area contributed by atoms with E-state index in [2.05, 4.69) is 12.1 Å². The minimum Gasteiger partial charge on any atom is -0.390 e. The van der Waals surface area contributed by atoms with Gasteiger partial charge in [0.25, 0.3) is 0 Å². The number of aliphatic hydroxyl groups is 2. The summed E-state index contributed by atoms with van der Waals surface area (Å²) in [5.41, 5.74) is 0.537. The number of fused-ring (bicyclic) bond motifs is 1. The van der Waals surface area contributed by atoms with E-state index in [-0.39, 0.29) is 18.3 Å². The van der Waals surface area contributed by atoms with Crippen molar-refractivity contribution >= 4 is 0 Å². The van der Waals surface area contributed by atoms with Crippen LogP contribution in [0.15, 0.2) is 30.3 Å². The summed E-state index contributed by atoms with van der Waals surface area (Å²) in [4.78, 5) is 0. The minimum atomic E-state index is -0.635. The highest BCUT2D eigenvalue weighted by molar-refractivity contribution is 5.13. The molecular formula is C20H30O5. The predicted molar refractivity (Wildman–Crippen MR) is 94.2 cm³/mol. The Labute approximate surface area is 149 Å². The molecule has 2 fully saturated rings. The van der Waals surface area contributed by atoms with Crippen molar-refractivity contribution in [2.24, 2.45) is 0 Å². The maximum atomic E-state index is 10.4. The lowest BCUT2D eigenvalue weighted by atomic mass is 9.84. The summed E-state index contributed by atoms with van der Waals surface area (Å²) < 4.78 is 17.7. The Hall–Kier alpha value is -0.980. The fourth-order valence-electron chi connectivity index (χ4n) is 3.67. The lowest BCUT2D eigenvalue weighted by Gasteiger charge is -2.49. The van der Waals surface area contributed by atoms with Crippen LogP contribution in [-0.2, 0) is 20.8 Å². The van der Waals surface area contributed by atoms with Crippen LogP contribution in [0.25, 0.3) is 0 Å². The van der Waals surface area contributed by atoms with E-state index < -0.39 is 17.8 Å². The molecule has 0 unspecified atom stereocenters. The first-order valence-electron chi connectivity index (χ1n) is 9.27. The SMILES string of the molecule is CC1(C)O[C@H]2[C@@H](O)C[C@@H](CCCOCc3ccccc3)O[C@@H]2C[C@H]1O. The number of hydrogen-bond acceptors (Lipinski definition) is 5. The van der Waals surface area contributed by atoms with Crippen molar-refractivity contribution in [2.75, 3.05) is 6.61 Å². The largest absolute Gasteiger partial charge is 0.390 e. The molecule has 2 aliphatic rings. The normalized spacial score (nSPS) is 34.5. The van der Waals surface area contributed by atoms with Gasteiger partial charge in [-0.25, -0.2) is 0 Å². The first-order valence-corrected chi connectivity index (χ1v) is 9.27. The van der Waals surface area contributed by atoms with Gasteiger partial charge in [0.2, 0.25) is 0 Å². The van der Waals surface area contributed by atoms with Crippen LogP contribution < -0.4 is 0 Å². The molecular weight excluding hydrogens is 320 g/mol. The smallest absolute Gasteiger partial charge is 0.110 e. The standard InChI is InChI=1S/C20H30O5/c1-20(2)18(22)12-17-19(25-20)16(21)11-15(24-17)9-6-10-23-13-14-7-4-3-5-8-14/h3-5,7-8,15-19,21-22H,6,9-13H2,1-2H3/t15-,16+,17-,18-,19+/m1/s1. The van der Waals surface area contributed by atoms with Gasteiger partial charge in [0.05, 0.1) is 36.6 Å². The van der Waals surface area contributed by atoms with Crippen LogP contribution in [0.3, 0.4) is 0 Å². The predicted octanol–water partition coefficient (Wildman–Crippen LogP) is 2.43. The molecule has 1 aromatic carbocycles. The van der Waals surface area contributed by atoms with Crippen molar-refractivity contribution in [1.29, 1.82) is 0 Å². The summed E-state index contributed by atoms with van der Waals surface area (Å²) in [5, 5.41) is 20.6. The molecule has 1 aromatic rings. The molecule has 2 N–H and O–H groups in total. The highest BCUT2D eigenvalue weighted by Crippen LogP contribution is 2.37. The van der Waals surface area contributed by atoms with Crippen LogP contribution in [0.5, 0.6) is 0 Å². The van der Waals surface area contributed by atoms with E-state index in [0.29, 0.717) is 26.1 Å². The van der Waals surface area contributed by atoms with Gasteiger partial charge in [0.15, 0.2) is 0 Å². The Balaban J connectivity index is 1.40. The van der Waals surface area contributed by atoms with Crippen LogP contribution in [-0.4, -0.2) is 52.9 Å². The van der Waals surface area contributed by atoms with Gasteiger partial charge in [0, 0.05) is 19.4 Å². The molecule has 25 heavy (non-hydrogen) atoms. The minimum absolute atomic E-state index is 0.00594. The van der Waals surface area contributed by atoms with Gasteiger partial charge in [-0.1, -0.05) is 30.3 Å². The van der Waals surface area contributed by atoms with Crippen LogP contribution in [0.1, 0.15) is 45.1 Å². The second-order valence-corrected chi connectivity index (χ2v) is 7.72. The van der Waals surface area contributed by atoms with Crippen molar-refractivity contribution in [1.82, 2.24) is 0 Å². The highest BCUT2D eigenvalue weighted by Gasteiger charge is 2.48. The molecule has 5 atom stereocenters. The van der Waals surface area contributed by atoms with Gasteiger partial charge in [0.1, 0.15) is 6.10 Å². The van der Waals surface area contributed by atoms with Crippen LogP contribution >= 0.6 is 0 Å². The van der Waals surface area contributed by atoms with Gasteiger partial charge in [-0.2, -0.15) is 0 Å². The number of ether oxygens (including phenoxy) is 3. The van der Waals surface area contributed by atoms with Crippen molar-refractivity contribution < 1.29 is 24.4 Å². The average Bonchev–Trinajstić information content (AvgIpc) is 2.57. The molecule has 0 radical (unpaired) electrons. The molecule has 140 valence electrons. The van der Waals surface area contributed by atoms with Crippen molar-refractivity contribution in [2.45, 2.75) is 82.3 Å². The Morgan fingerprint density at radius 1 is 1.16 bits per heavy atom. The third-order valence-electron chi connectivity index (χ3n) is 5.24. The first-order chi connectivity index (χ1) is 12.0. The summed E-state index contributed by atoms with van der Waals surface area (Å²) in [7, 11) is 0. The van der Waals surface area contributed by atoms with Gasteiger partial charge in [-0.05, 0) is 32.3 Å². The number of rotatable bonds is 6. The van der Waals surface area contributed by atoms with E-state index in [1.165, 1.54) is 5.56 Å². The molecule has 2 saturated heterocycles. The topological polar surface area (TPSA) is 68.2 Å². The Kier molecular flexibility index (Phi) is 6.12. The number of hydrogen-bond donors (Lipinski definition) is 2. The van der Waals surface area contributed by atoms with Gasteiger partial charge >= 0.3 is 0 Å². The molecule has 0 amide bonds. The van der Waals surface area contributed by atoms with Gasteiger partial charge in [-0.15, -0.1) is 0 Å². The quantitative estimate of drug-likeness (QED) is 0.771. The highest BCUT2D eigenvalue weighted by atomic mass is 16.6. The van der Waals surface area contributed by atoms with E-state index in [1.54, 1.807) is 0 Å². The van der Waals surface area contributed by atoms with Crippen molar-refractivity contribution in [3.63, 3.8) is 0 Å². The molecule has 3 rings (SSSR count). The Bertz CT molecular complexity index is 532. The zero-order chi connectivity index (χ0) is 17.9. The molecule has 0 aromatic heterocycles. The van der Waals surface area contributed by atoms with Crippen LogP contribution in [0.4, 0.5) is 0 Å². The average molecular weight is 350 g/mol. The second-order valence-electron chi connectivity index (χ2n) is 7.72. The fourth-order valence-corrected chi connectivity index (χ4v) is 3.67. The van der Waals surface area contributed by atoms with Crippen molar-refractivity contribution in [3.05, 3.63) is 35.9 Å². The third-order valence-corrected chi connectivity index (χ3v) is 5.24. The maximum absolute atomic E-state index is 10.4. The lowest BCUT2D eigenvalue weighted by molar-refractivity contribution is -0.277. The summed E-state index contributed by atoms with van der Waals surface area (Å²) in [5.74, 6) is 0. The molecule has 0 saturated carbocycles. The van der Waals surface area contributed by atoms with E-state index in [4.69, 9.17) is 14.2 Å². The fraction of sp³-hybridized carbons (Fsp3) is 0.700. The molecule has 5 nitrogen and oxygen atoms in total. The summed E-state index contributed by atoms with van der Waals surface area (Å²) in [6.07, 6.45) is 1.11. The molecule has 2 aliphatic heterocycles. The van der Waals surface area contributed by atoms with E-state index in [0.717, 1.165) is 12.8 Å². The molecule has 0 bridgehead atoms. The molecule has 0 aliphatic carbocycles. The molecule has 0 spiro atoms. The lowest BCUT2D eigenvalue weighted by Crippen LogP contribution is -2.60. The van der Waals surface area contributed by atoms with E-state index in [1.807, 2.05) is 32.0 Å². The Morgan fingerprint density at radius 3 is 2.68 bits per heavy atom. The zero-order valence-electron chi connectivity index (χ0n) is 15.1. The molecule has 5 heteroatoms. The first kappa shape index (κ1) is 18.8. The second kappa shape index (κ2) is 8.14. The number of benzene rings is 1. The maximum Gasteiger partial charge on any atom is 0.110 e. The number of aliphatic hydroxyl groups excluding tert-OH is 2. The summed E-state index contributed by atoms with van der Waals surface area (Å²) in [6.45, 7) is 5.01. The summed E-state index contributed by atoms with van der Waals surface area (Å²) >= 11 is 0. The zero-order valence-corrected chi connectivity index (χ0v) is 15.1. The molecule has 2 heterocycles. The monoisotopic (exact) mass is 350 g/mol. The third kappa shape index (κ3) is 4.80. The Morgan fingerprint density at radius 2 is 1.92 bits per heavy atom. The van der Waals surface area contributed by atoms with Crippen LogP contribution in [0, 0.1) is 0 Å². The summed E-state index contributed by atoms with van der Waals surface area (Å²) in [6, 6.07) is 10.1.